The quantitative estimate of drug-likeness (QED) is 0.907. The Morgan fingerprint density at radius 2 is 2.35 bits per heavy atom. The Morgan fingerprint density at radius 1 is 1.50 bits per heavy atom. The van der Waals surface area contributed by atoms with Gasteiger partial charge in [0.15, 0.2) is 0 Å². The van der Waals surface area contributed by atoms with Crippen LogP contribution in [-0.4, -0.2) is 38.6 Å². The fourth-order valence-electron chi connectivity index (χ4n) is 3.65. The Hall–Kier alpha value is -1.38. The van der Waals surface area contributed by atoms with Crippen molar-refractivity contribution in [3.8, 4) is 6.07 Å². The van der Waals surface area contributed by atoms with E-state index in [0.29, 0.717) is 12.1 Å². The number of fused-ring (bicyclic) bond motifs is 1. The summed E-state index contributed by atoms with van der Waals surface area (Å²) in [6.45, 7) is 7.23. The average Bonchev–Trinajstić information content (AvgIpc) is 3.04. The fraction of sp³-hybridized carbons (Fsp3) is 0.733. The van der Waals surface area contributed by atoms with Crippen LogP contribution in [0.1, 0.15) is 38.9 Å². The maximum Gasteiger partial charge on any atom is 0.122 e. The van der Waals surface area contributed by atoms with Crippen molar-refractivity contribution in [3.63, 3.8) is 0 Å². The summed E-state index contributed by atoms with van der Waals surface area (Å²) in [5.74, 6) is 1.16. The van der Waals surface area contributed by atoms with Crippen molar-refractivity contribution >= 4 is 0 Å². The Morgan fingerprint density at radius 3 is 3.10 bits per heavy atom. The molecule has 1 aromatic rings. The fourth-order valence-corrected chi connectivity index (χ4v) is 3.65. The van der Waals surface area contributed by atoms with Crippen LogP contribution in [-0.2, 0) is 13.1 Å². The van der Waals surface area contributed by atoms with Crippen LogP contribution in [0, 0.1) is 11.3 Å². The van der Waals surface area contributed by atoms with E-state index >= 15 is 0 Å². The Kier molecular flexibility index (Phi) is 3.53. The van der Waals surface area contributed by atoms with Gasteiger partial charge in [0, 0.05) is 37.6 Å². The monoisotopic (exact) mass is 273 g/mol. The summed E-state index contributed by atoms with van der Waals surface area (Å²) < 4.78 is 2.23. The highest BCUT2D eigenvalue weighted by molar-refractivity contribution is 5.14. The molecule has 0 amide bonds. The first kappa shape index (κ1) is 13.6. The van der Waals surface area contributed by atoms with Gasteiger partial charge in [-0.25, -0.2) is 4.98 Å². The second-order valence-corrected chi connectivity index (χ2v) is 6.40. The van der Waals surface area contributed by atoms with E-state index in [-0.39, 0.29) is 5.54 Å². The summed E-state index contributed by atoms with van der Waals surface area (Å²) in [6.07, 6.45) is 6.93. The first-order valence-corrected chi connectivity index (χ1v) is 7.55. The third-order valence-electron chi connectivity index (χ3n) is 4.56. The summed E-state index contributed by atoms with van der Waals surface area (Å²) in [5, 5.41) is 13.0. The number of nitrogens with zero attached hydrogens (tertiary/aromatic N) is 4. The zero-order chi connectivity index (χ0) is 14.2. The van der Waals surface area contributed by atoms with Crippen molar-refractivity contribution in [2.75, 3.05) is 6.54 Å². The largest absolute Gasteiger partial charge is 0.333 e. The molecular weight excluding hydrogens is 250 g/mol. The third kappa shape index (κ3) is 2.46. The number of nitriles is 1. The predicted octanol–water partition coefficient (Wildman–Crippen LogP) is 1.51. The van der Waals surface area contributed by atoms with Crippen molar-refractivity contribution in [1.29, 1.82) is 5.26 Å². The van der Waals surface area contributed by atoms with Crippen LogP contribution in [0.2, 0.25) is 0 Å². The molecule has 2 aliphatic rings. The molecule has 5 nitrogen and oxygen atoms in total. The summed E-state index contributed by atoms with van der Waals surface area (Å²) in [5.41, 5.74) is -0.328. The van der Waals surface area contributed by atoms with Gasteiger partial charge in [0.05, 0.1) is 12.6 Å². The lowest BCUT2D eigenvalue weighted by molar-refractivity contribution is 0.149. The summed E-state index contributed by atoms with van der Waals surface area (Å²) in [6, 6.07) is 3.39. The summed E-state index contributed by atoms with van der Waals surface area (Å²) in [4.78, 5) is 6.93. The van der Waals surface area contributed by atoms with Gasteiger partial charge in [-0.05, 0) is 33.1 Å². The van der Waals surface area contributed by atoms with Crippen LogP contribution in [0.15, 0.2) is 12.4 Å². The molecule has 108 valence electrons. The van der Waals surface area contributed by atoms with E-state index in [4.69, 9.17) is 0 Å². The topological polar surface area (TPSA) is 56.9 Å². The molecule has 0 saturated heterocycles. The standard InChI is InChI=1S/C15H23N5/c1-12(2)18-15(11-16)4-3-13(9-15)20-8-7-19-6-5-17-14(19)10-20/h5-6,12-13,18H,3-4,7-10H2,1-2H3. The maximum atomic E-state index is 9.56. The third-order valence-corrected chi connectivity index (χ3v) is 4.56. The molecule has 2 atom stereocenters. The van der Waals surface area contributed by atoms with Crippen molar-refractivity contribution in [3.05, 3.63) is 18.2 Å². The predicted molar refractivity (Wildman–Crippen MR) is 76.9 cm³/mol. The van der Waals surface area contributed by atoms with Gasteiger partial charge in [-0.3, -0.25) is 10.2 Å². The van der Waals surface area contributed by atoms with E-state index in [9.17, 15) is 5.26 Å². The van der Waals surface area contributed by atoms with E-state index in [2.05, 4.69) is 45.9 Å². The highest BCUT2D eigenvalue weighted by Crippen LogP contribution is 2.34. The van der Waals surface area contributed by atoms with Gasteiger partial charge < -0.3 is 4.57 Å². The zero-order valence-electron chi connectivity index (χ0n) is 12.3. The minimum Gasteiger partial charge on any atom is -0.333 e. The van der Waals surface area contributed by atoms with E-state index in [1.807, 2.05) is 6.20 Å². The van der Waals surface area contributed by atoms with Crippen LogP contribution in [0.25, 0.3) is 0 Å². The van der Waals surface area contributed by atoms with Crippen LogP contribution < -0.4 is 5.32 Å². The molecule has 1 aliphatic heterocycles. The molecule has 20 heavy (non-hydrogen) atoms. The van der Waals surface area contributed by atoms with E-state index in [1.54, 1.807) is 0 Å². The molecule has 5 heteroatoms. The van der Waals surface area contributed by atoms with E-state index < -0.39 is 0 Å². The van der Waals surface area contributed by atoms with Crippen LogP contribution >= 0.6 is 0 Å². The number of nitrogens with one attached hydrogen (secondary N) is 1. The highest BCUT2D eigenvalue weighted by atomic mass is 15.3. The van der Waals surface area contributed by atoms with Gasteiger partial charge in [-0.15, -0.1) is 0 Å². The Labute approximate surface area is 120 Å². The average molecular weight is 273 g/mol. The molecule has 0 radical (unpaired) electrons. The van der Waals surface area contributed by atoms with E-state index in [1.165, 1.54) is 0 Å². The number of rotatable bonds is 3. The van der Waals surface area contributed by atoms with Crippen molar-refractivity contribution in [1.82, 2.24) is 19.8 Å². The molecule has 1 fully saturated rings. The van der Waals surface area contributed by atoms with Crippen molar-refractivity contribution < 1.29 is 0 Å². The molecule has 1 saturated carbocycles. The normalized spacial score (nSPS) is 30.4. The van der Waals surface area contributed by atoms with Crippen LogP contribution in [0.4, 0.5) is 0 Å². The zero-order valence-corrected chi connectivity index (χ0v) is 12.3. The molecule has 0 bridgehead atoms. The molecule has 1 aliphatic carbocycles. The summed E-state index contributed by atoms with van der Waals surface area (Å²) >= 11 is 0. The molecule has 0 aromatic carbocycles. The molecule has 2 heterocycles. The molecule has 0 spiro atoms. The second kappa shape index (κ2) is 5.19. The minimum absolute atomic E-state index is 0.328. The highest BCUT2D eigenvalue weighted by Gasteiger charge is 2.42. The van der Waals surface area contributed by atoms with Crippen LogP contribution in [0.3, 0.4) is 0 Å². The lowest BCUT2D eigenvalue weighted by Crippen LogP contribution is -2.47. The van der Waals surface area contributed by atoms with Crippen molar-refractivity contribution in [2.45, 2.75) is 63.8 Å². The lowest BCUT2D eigenvalue weighted by Gasteiger charge is -2.33. The number of aromatic nitrogens is 2. The lowest BCUT2D eigenvalue weighted by atomic mass is 9.98. The molecule has 1 aromatic heterocycles. The van der Waals surface area contributed by atoms with Gasteiger partial charge in [0.2, 0.25) is 0 Å². The second-order valence-electron chi connectivity index (χ2n) is 6.40. The van der Waals surface area contributed by atoms with Gasteiger partial charge >= 0.3 is 0 Å². The Bertz CT molecular complexity index is 515. The SMILES string of the molecule is CC(C)NC1(C#N)CCC(N2CCn3ccnc3C2)C1. The molecular formula is C15H23N5. The van der Waals surface area contributed by atoms with Gasteiger partial charge in [-0.2, -0.15) is 5.26 Å². The van der Waals surface area contributed by atoms with Crippen LogP contribution in [0.5, 0.6) is 0 Å². The number of imidazole rings is 1. The minimum atomic E-state index is -0.328. The van der Waals surface area contributed by atoms with Gasteiger partial charge in [-0.1, -0.05) is 0 Å². The number of hydrogen-bond acceptors (Lipinski definition) is 4. The first-order chi connectivity index (χ1) is 9.62. The maximum absolute atomic E-state index is 9.56. The van der Waals surface area contributed by atoms with Gasteiger partial charge in [0.1, 0.15) is 11.4 Å². The summed E-state index contributed by atoms with van der Waals surface area (Å²) in [7, 11) is 0. The van der Waals surface area contributed by atoms with Crippen molar-refractivity contribution in [2.24, 2.45) is 0 Å². The molecule has 1 N–H and O–H groups in total. The number of hydrogen-bond donors (Lipinski definition) is 1. The van der Waals surface area contributed by atoms with E-state index in [0.717, 1.165) is 44.7 Å². The van der Waals surface area contributed by atoms with Gasteiger partial charge in [0.25, 0.3) is 0 Å². The first-order valence-electron chi connectivity index (χ1n) is 7.55. The molecule has 2 unspecified atom stereocenters. The smallest absolute Gasteiger partial charge is 0.122 e. The Balaban J connectivity index is 1.67. The molecule has 3 rings (SSSR count).